The van der Waals surface area contributed by atoms with Gasteiger partial charge >= 0.3 is 0 Å². The summed E-state index contributed by atoms with van der Waals surface area (Å²) in [5, 5.41) is 2.49. The third-order valence-electron chi connectivity index (χ3n) is 7.09. The van der Waals surface area contributed by atoms with E-state index in [0.29, 0.717) is 5.41 Å². The Hall–Kier alpha value is -2.32. The standard InChI is InChI=1S/C27H30N2.ClH/c1-4-14-27(15-5-1)16-18-29(19-17-27)26-12-8-22(9-13-26)21-28-25-11-10-23-6-2-3-7-24(23)20-25;/h2-3,6-13,20-21H,1,4-5,14-19H2;1H. The SMILES string of the molecule is C(=Nc1ccc2ccccc2c1)c1ccc(N2CCC3(CCCCC3)CC2)cc1.Cl. The molecule has 1 heterocycles. The van der Waals surface area contributed by atoms with Gasteiger partial charge in [-0.25, -0.2) is 0 Å². The molecule has 0 aromatic heterocycles. The molecule has 1 aliphatic carbocycles. The fourth-order valence-corrected chi connectivity index (χ4v) is 5.22. The van der Waals surface area contributed by atoms with Crippen LogP contribution in [0.2, 0.25) is 0 Å². The van der Waals surface area contributed by atoms with E-state index in [4.69, 9.17) is 0 Å². The Morgan fingerprint density at radius 2 is 1.43 bits per heavy atom. The molecule has 30 heavy (non-hydrogen) atoms. The zero-order chi connectivity index (χ0) is 19.5. The van der Waals surface area contributed by atoms with Crippen molar-refractivity contribution < 1.29 is 0 Å². The van der Waals surface area contributed by atoms with Crippen molar-refractivity contribution in [2.75, 3.05) is 18.0 Å². The summed E-state index contributed by atoms with van der Waals surface area (Å²) in [7, 11) is 0. The molecule has 0 unspecified atom stereocenters. The van der Waals surface area contributed by atoms with Crippen molar-refractivity contribution in [2.24, 2.45) is 10.4 Å². The van der Waals surface area contributed by atoms with Crippen LogP contribution in [-0.4, -0.2) is 19.3 Å². The number of aliphatic imine (C=N–C) groups is 1. The van der Waals surface area contributed by atoms with Crippen molar-refractivity contribution in [3.8, 4) is 0 Å². The molecule has 1 saturated heterocycles. The molecule has 0 radical (unpaired) electrons. The second-order valence-electron chi connectivity index (χ2n) is 8.93. The highest BCUT2D eigenvalue weighted by atomic mass is 35.5. The molecule has 2 nitrogen and oxygen atoms in total. The van der Waals surface area contributed by atoms with E-state index in [9.17, 15) is 0 Å². The minimum atomic E-state index is 0. The van der Waals surface area contributed by atoms with Gasteiger partial charge in [0.2, 0.25) is 0 Å². The molecule has 2 aliphatic rings. The normalized spacial score (nSPS) is 18.6. The van der Waals surface area contributed by atoms with E-state index < -0.39 is 0 Å². The van der Waals surface area contributed by atoms with Crippen LogP contribution >= 0.6 is 12.4 Å². The molecule has 3 aromatic rings. The van der Waals surface area contributed by atoms with Crippen molar-refractivity contribution in [3.63, 3.8) is 0 Å². The van der Waals surface area contributed by atoms with Gasteiger partial charge in [-0.1, -0.05) is 61.7 Å². The fraction of sp³-hybridized carbons (Fsp3) is 0.370. The highest BCUT2D eigenvalue weighted by Gasteiger charge is 2.35. The molecule has 2 fully saturated rings. The predicted octanol–water partition coefficient (Wildman–Crippen LogP) is 7.56. The number of anilines is 1. The molecule has 3 heteroatoms. The molecule has 0 atom stereocenters. The van der Waals surface area contributed by atoms with Crippen LogP contribution in [0, 0.1) is 5.41 Å². The smallest absolute Gasteiger partial charge is 0.0636 e. The van der Waals surface area contributed by atoms with Crippen LogP contribution in [0.25, 0.3) is 10.8 Å². The average molecular weight is 419 g/mol. The summed E-state index contributed by atoms with van der Waals surface area (Å²) in [5.74, 6) is 0. The van der Waals surface area contributed by atoms with Crippen LogP contribution < -0.4 is 4.90 Å². The Balaban J connectivity index is 0.00000218. The van der Waals surface area contributed by atoms with Crippen molar-refractivity contribution in [1.29, 1.82) is 0 Å². The van der Waals surface area contributed by atoms with E-state index in [1.54, 1.807) is 0 Å². The lowest BCUT2D eigenvalue weighted by molar-refractivity contribution is 0.144. The second kappa shape index (κ2) is 9.22. The summed E-state index contributed by atoms with van der Waals surface area (Å²) in [4.78, 5) is 7.26. The summed E-state index contributed by atoms with van der Waals surface area (Å²) in [6.45, 7) is 2.43. The van der Waals surface area contributed by atoms with Crippen LogP contribution in [0.1, 0.15) is 50.5 Å². The predicted molar refractivity (Wildman–Crippen MR) is 132 cm³/mol. The Morgan fingerprint density at radius 3 is 2.17 bits per heavy atom. The molecule has 0 N–H and O–H groups in total. The highest BCUT2D eigenvalue weighted by molar-refractivity contribution is 5.87. The van der Waals surface area contributed by atoms with Gasteiger partial charge in [-0.15, -0.1) is 12.4 Å². The maximum absolute atomic E-state index is 4.69. The van der Waals surface area contributed by atoms with Crippen LogP contribution in [0.15, 0.2) is 71.7 Å². The quantitative estimate of drug-likeness (QED) is 0.400. The number of hydrogen-bond acceptors (Lipinski definition) is 2. The molecule has 0 amide bonds. The van der Waals surface area contributed by atoms with Crippen LogP contribution in [0.3, 0.4) is 0 Å². The van der Waals surface area contributed by atoms with Gasteiger partial charge in [0, 0.05) is 25.0 Å². The average Bonchev–Trinajstić information content (AvgIpc) is 2.79. The molecule has 3 aromatic carbocycles. The Kier molecular flexibility index (Phi) is 6.43. The zero-order valence-electron chi connectivity index (χ0n) is 17.6. The number of benzene rings is 3. The van der Waals surface area contributed by atoms with E-state index in [0.717, 1.165) is 11.3 Å². The molecule has 156 valence electrons. The van der Waals surface area contributed by atoms with Crippen LogP contribution in [-0.2, 0) is 0 Å². The third-order valence-corrected chi connectivity index (χ3v) is 7.09. The topological polar surface area (TPSA) is 15.6 Å². The molecule has 1 saturated carbocycles. The lowest BCUT2D eigenvalue weighted by Crippen LogP contribution is -2.41. The maximum Gasteiger partial charge on any atom is 0.0636 e. The van der Waals surface area contributed by atoms with Crippen LogP contribution in [0.4, 0.5) is 11.4 Å². The summed E-state index contributed by atoms with van der Waals surface area (Å²) in [6, 6.07) is 23.7. The van der Waals surface area contributed by atoms with Gasteiger partial charge in [0.25, 0.3) is 0 Å². The molecule has 1 aliphatic heterocycles. The first kappa shape index (κ1) is 20.9. The van der Waals surface area contributed by atoms with E-state index in [-0.39, 0.29) is 12.4 Å². The van der Waals surface area contributed by atoms with E-state index in [2.05, 4.69) is 76.6 Å². The largest absolute Gasteiger partial charge is 0.371 e. The maximum atomic E-state index is 4.69. The molecular weight excluding hydrogens is 388 g/mol. The van der Waals surface area contributed by atoms with Crippen molar-refractivity contribution in [1.82, 2.24) is 0 Å². The van der Waals surface area contributed by atoms with E-state index >= 15 is 0 Å². The molecular formula is C27H31ClN2. The highest BCUT2D eigenvalue weighted by Crippen LogP contribution is 2.45. The monoisotopic (exact) mass is 418 g/mol. The number of hydrogen-bond donors (Lipinski definition) is 0. The second-order valence-corrected chi connectivity index (χ2v) is 8.93. The minimum absolute atomic E-state index is 0. The van der Waals surface area contributed by atoms with Gasteiger partial charge in [0.1, 0.15) is 0 Å². The van der Waals surface area contributed by atoms with Gasteiger partial charge in [0.05, 0.1) is 5.69 Å². The fourth-order valence-electron chi connectivity index (χ4n) is 5.22. The van der Waals surface area contributed by atoms with Crippen LogP contribution in [0.5, 0.6) is 0 Å². The van der Waals surface area contributed by atoms with Crippen molar-refractivity contribution in [2.45, 2.75) is 44.9 Å². The zero-order valence-corrected chi connectivity index (χ0v) is 18.4. The van der Waals surface area contributed by atoms with Gasteiger partial charge in [-0.3, -0.25) is 4.99 Å². The Bertz CT molecular complexity index is 993. The third kappa shape index (κ3) is 4.54. The first-order valence-electron chi connectivity index (χ1n) is 11.2. The van der Waals surface area contributed by atoms with Gasteiger partial charge in [-0.2, -0.15) is 0 Å². The van der Waals surface area contributed by atoms with E-state index in [1.165, 1.54) is 74.5 Å². The molecule has 1 spiro atoms. The first-order valence-corrected chi connectivity index (χ1v) is 11.2. The lowest BCUT2D eigenvalue weighted by Gasteiger charge is -2.45. The number of piperidine rings is 1. The van der Waals surface area contributed by atoms with Gasteiger partial charge in [-0.05, 0) is 71.7 Å². The Labute approximate surface area is 186 Å². The summed E-state index contributed by atoms with van der Waals surface area (Å²) < 4.78 is 0. The molecule has 5 rings (SSSR count). The minimum Gasteiger partial charge on any atom is -0.371 e. The van der Waals surface area contributed by atoms with Gasteiger partial charge < -0.3 is 4.90 Å². The number of rotatable bonds is 3. The number of nitrogens with zero attached hydrogens (tertiary/aromatic N) is 2. The number of halogens is 1. The lowest BCUT2D eigenvalue weighted by atomic mass is 9.68. The first-order chi connectivity index (χ1) is 14.3. The van der Waals surface area contributed by atoms with Crippen molar-refractivity contribution in [3.05, 3.63) is 72.3 Å². The number of fused-ring (bicyclic) bond motifs is 1. The van der Waals surface area contributed by atoms with E-state index in [1.807, 2.05) is 6.21 Å². The summed E-state index contributed by atoms with van der Waals surface area (Å²) >= 11 is 0. The summed E-state index contributed by atoms with van der Waals surface area (Å²) in [5.41, 5.74) is 4.18. The molecule has 0 bridgehead atoms. The summed E-state index contributed by atoms with van der Waals surface area (Å²) in [6.07, 6.45) is 12.0. The van der Waals surface area contributed by atoms with Gasteiger partial charge in [0.15, 0.2) is 0 Å². The Morgan fingerprint density at radius 1 is 0.733 bits per heavy atom. The van der Waals surface area contributed by atoms with Crippen molar-refractivity contribution >= 4 is 40.8 Å².